The molecule has 0 aromatic carbocycles. The van der Waals surface area contributed by atoms with E-state index in [1.807, 2.05) is 19.9 Å². The normalized spacial score (nSPS) is 17.6. The molecule has 0 aromatic rings. The largest absolute Gasteiger partial charge is 0.411 e. The quantitative estimate of drug-likeness (QED) is 0.352. The van der Waals surface area contributed by atoms with Crippen molar-refractivity contribution in [2.75, 3.05) is 0 Å². The van der Waals surface area contributed by atoms with E-state index in [4.69, 9.17) is 4.43 Å². The molecule has 0 radical (unpaired) electrons. The first-order valence-corrected chi connectivity index (χ1v) is 10.5. The van der Waals surface area contributed by atoms with Crippen LogP contribution < -0.4 is 0 Å². The summed E-state index contributed by atoms with van der Waals surface area (Å²) in [7, 11) is -1.64. The maximum absolute atomic E-state index is 10.5. The summed E-state index contributed by atoms with van der Waals surface area (Å²) in [6.45, 7) is 12.7. The highest BCUT2D eigenvalue weighted by atomic mass is 28.4. The van der Waals surface area contributed by atoms with Crippen molar-refractivity contribution in [3.05, 3.63) is 12.2 Å². The van der Waals surface area contributed by atoms with E-state index in [1.165, 1.54) is 12.8 Å². The Balaban J connectivity index is 4.60. The van der Waals surface area contributed by atoms with E-state index in [-0.39, 0.29) is 6.10 Å². The molecule has 0 bridgehead atoms. The summed E-state index contributed by atoms with van der Waals surface area (Å²) in [5, 5.41) is 10.5. The van der Waals surface area contributed by atoms with Gasteiger partial charge in [-0.1, -0.05) is 52.7 Å². The van der Waals surface area contributed by atoms with Crippen LogP contribution in [-0.4, -0.2) is 25.1 Å². The first-order chi connectivity index (χ1) is 8.87. The van der Waals surface area contributed by atoms with E-state index < -0.39 is 13.9 Å². The molecule has 2 nitrogen and oxygen atoms in total. The Morgan fingerprint density at radius 3 is 2.11 bits per heavy atom. The molecule has 19 heavy (non-hydrogen) atoms. The van der Waals surface area contributed by atoms with Gasteiger partial charge in [0, 0.05) is 0 Å². The third-order valence-electron chi connectivity index (χ3n) is 4.36. The van der Waals surface area contributed by atoms with Crippen molar-refractivity contribution < 1.29 is 9.53 Å². The van der Waals surface area contributed by atoms with Crippen molar-refractivity contribution in [1.82, 2.24) is 0 Å². The predicted molar refractivity (Wildman–Crippen MR) is 87.0 cm³/mol. The molecule has 0 aromatic heterocycles. The van der Waals surface area contributed by atoms with E-state index in [0.29, 0.717) is 0 Å². The molecule has 0 saturated carbocycles. The molecule has 2 atom stereocenters. The van der Waals surface area contributed by atoms with Gasteiger partial charge in [-0.3, -0.25) is 0 Å². The van der Waals surface area contributed by atoms with Gasteiger partial charge in [0.1, 0.15) is 5.60 Å². The van der Waals surface area contributed by atoms with Gasteiger partial charge in [0.15, 0.2) is 8.32 Å². The van der Waals surface area contributed by atoms with Gasteiger partial charge in [-0.2, -0.15) is 0 Å². The Morgan fingerprint density at radius 1 is 1.16 bits per heavy atom. The lowest BCUT2D eigenvalue weighted by atomic mass is 9.99. The molecule has 0 aliphatic rings. The molecule has 1 N–H and O–H groups in total. The molecular formula is C16H34O2Si. The maximum Gasteiger partial charge on any atom is 0.192 e. The molecule has 0 spiro atoms. The summed E-state index contributed by atoms with van der Waals surface area (Å²) in [6.07, 6.45) is 7.30. The Bertz CT molecular complexity index is 249. The fourth-order valence-electron chi connectivity index (χ4n) is 2.27. The van der Waals surface area contributed by atoms with E-state index in [1.54, 1.807) is 0 Å². The van der Waals surface area contributed by atoms with Gasteiger partial charge in [-0.15, -0.1) is 0 Å². The highest BCUT2D eigenvalue weighted by Crippen LogP contribution is 2.27. The monoisotopic (exact) mass is 286 g/mol. The highest BCUT2D eigenvalue weighted by Gasteiger charge is 2.36. The Morgan fingerprint density at radius 2 is 1.68 bits per heavy atom. The zero-order valence-corrected chi connectivity index (χ0v) is 14.8. The van der Waals surface area contributed by atoms with Crippen LogP contribution in [0.4, 0.5) is 0 Å². The first kappa shape index (κ1) is 18.9. The second-order valence-corrected chi connectivity index (χ2v) is 10.5. The van der Waals surface area contributed by atoms with Gasteiger partial charge in [0.05, 0.1) is 6.10 Å². The lowest BCUT2D eigenvalue weighted by Crippen LogP contribution is -2.47. The van der Waals surface area contributed by atoms with Crippen molar-refractivity contribution in [2.45, 2.75) is 90.6 Å². The summed E-state index contributed by atoms with van der Waals surface area (Å²) < 4.78 is 6.35. The smallest absolute Gasteiger partial charge is 0.192 e. The molecule has 0 heterocycles. The number of hydrogen-bond donors (Lipinski definition) is 1. The maximum atomic E-state index is 10.5. The van der Waals surface area contributed by atoms with Crippen LogP contribution in [0.3, 0.4) is 0 Å². The predicted octanol–water partition coefficient (Wildman–Crippen LogP) is 4.89. The fraction of sp³-hybridized carbons (Fsp3) is 0.875. The van der Waals surface area contributed by atoms with Crippen LogP contribution in [0.15, 0.2) is 12.2 Å². The summed E-state index contributed by atoms with van der Waals surface area (Å²) >= 11 is 0. The van der Waals surface area contributed by atoms with Gasteiger partial charge in [-0.05, 0) is 38.4 Å². The van der Waals surface area contributed by atoms with Crippen molar-refractivity contribution in [3.63, 3.8) is 0 Å². The third kappa shape index (κ3) is 6.24. The lowest BCUT2D eigenvalue weighted by Gasteiger charge is -2.37. The van der Waals surface area contributed by atoms with Crippen LogP contribution in [0.5, 0.6) is 0 Å². The summed E-state index contributed by atoms with van der Waals surface area (Å²) in [4.78, 5) is 0. The molecule has 0 aliphatic heterocycles. The van der Waals surface area contributed by atoms with Crippen molar-refractivity contribution >= 4 is 8.32 Å². The number of unbranched alkanes of at least 4 members (excludes halogenated alkanes) is 2. The summed E-state index contributed by atoms with van der Waals surface area (Å²) in [5.74, 6) is 0. The SMILES string of the molecule is CCCC/C=C/[C@](C)(O)[C@H](C)O[Si](CC)(CC)CC. The molecule has 0 amide bonds. The van der Waals surface area contributed by atoms with E-state index in [0.717, 1.165) is 24.6 Å². The van der Waals surface area contributed by atoms with Crippen LogP contribution in [-0.2, 0) is 4.43 Å². The second kappa shape index (κ2) is 8.93. The average Bonchev–Trinajstić information content (AvgIpc) is 2.41. The van der Waals surface area contributed by atoms with Crippen LogP contribution in [0.25, 0.3) is 0 Å². The van der Waals surface area contributed by atoms with Gasteiger partial charge in [0.2, 0.25) is 0 Å². The average molecular weight is 287 g/mol. The number of hydrogen-bond acceptors (Lipinski definition) is 2. The minimum Gasteiger partial charge on any atom is -0.411 e. The molecule has 114 valence electrons. The number of aliphatic hydroxyl groups is 1. The minimum absolute atomic E-state index is 0.128. The zero-order valence-electron chi connectivity index (χ0n) is 13.8. The Hall–Kier alpha value is -0.123. The highest BCUT2D eigenvalue weighted by molar-refractivity contribution is 6.73. The number of allylic oxidation sites excluding steroid dienone is 1. The number of rotatable bonds is 10. The van der Waals surface area contributed by atoms with Gasteiger partial charge in [-0.25, -0.2) is 0 Å². The lowest BCUT2D eigenvalue weighted by molar-refractivity contribution is -0.00714. The zero-order chi connectivity index (χ0) is 14.9. The van der Waals surface area contributed by atoms with Gasteiger partial charge >= 0.3 is 0 Å². The van der Waals surface area contributed by atoms with Crippen LogP contribution >= 0.6 is 0 Å². The van der Waals surface area contributed by atoms with E-state index >= 15 is 0 Å². The molecule has 0 aliphatic carbocycles. The van der Waals surface area contributed by atoms with Gasteiger partial charge < -0.3 is 9.53 Å². The molecule has 3 heteroatoms. The van der Waals surface area contributed by atoms with Crippen molar-refractivity contribution in [1.29, 1.82) is 0 Å². The topological polar surface area (TPSA) is 29.5 Å². The minimum atomic E-state index is -1.64. The van der Waals surface area contributed by atoms with Crippen molar-refractivity contribution in [2.24, 2.45) is 0 Å². The molecule has 0 unspecified atom stereocenters. The summed E-state index contributed by atoms with van der Waals surface area (Å²) in [5.41, 5.74) is -0.856. The molecule has 0 rings (SSSR count). The molecular weight excluding hydrogens is 252 g/mol. The second-order valence-electron chi connectivity index (χ2n) is 5.77. The molecule has 0 saturated heterocycles. The van der Waals surface area contributed by atoms with Crippen LogP contribution in [0.1, 0.15) is 60.8 Å². The van der Waals surface area contributed by atoms with Crippen LogP contribution in [0.2, 0.25) is 18.1 Å². The Kier molecular flexibility index (Phi) is 8.87. The molecule has 0 fully saturated rings. The first-order valence-electron chi connectivity index (χ1n) is 7.95. The van der Waals surface area contributed by atoms with E-state index in [9.17, 15) is 5.11 Å². The standard InChI is InChI=1S/C16H34O2Si/c1-7-11-12-13-14-16(6,17)15(5)18-19(8-2,9-3)10-4/h13-15,17H,7-12H2,1-6H3/b14-13+/t15-,16-/m0/s1. The fourth-order valence-corrected chi connectivity index (χ4v) is 5.26. The third-order valence-corrected chi connectivity index (χ3v) is 9.08. The van der Waals surface area contributed by atoms with Gasteiger partial charge in [0.25, 0.3) is 0 Å². The van der Waals surface area contributed by atoms with E-state index in [2.05, 4.69) is 33.8 Å². The van der Waals surface area contributed by atoms with Crippen LogP contribution in [0, 0.1) is 0 Å². The summed E-state index contributed by atoms with van der Waals surface area (Å²) in [6, 6.07) is 3.37. The van der Waals surface area contributed by atoms with Crippen molar-refractivity contribution in [3.8, 4) is 0 Å². The Labute approximate surface area is 121 Å².